The summed E-state index contributed by atoms with van der Waals surface area (Å²) in [5.74, 6) is 0. The van der Waals surface area contributed by atoms with Gasteiger partial charge in [-0.15, -0.1) is 0 Å². The fourth-order valence-electron chi connectivity index (χ4n) is 3.25. The van der Waals surface area contributed by atoms with E-state index in [0.717, 1.165) is 11.1 Å². The molecule has 3 rings (SSSR count). The van der Waals surface area contributed by atoms with E-state index in [1.165, 1.54) is 12.1 Å². The quantitative estimate of drug-likeness (QED) is 0.663. The van der Waals surface area contributed by atoms with Crippen LogP contribution in [0.25, 0.3) is 0 Å². The number of aliphatic hydroxyl groups excluding tert-OH is 1. The Morgan fingerprint density at radius 3 is 2.41 bits per heavy atom. The largest absolute Gasteiger partial charge is 0.390 e. The molecular weight excluding hydrogens is 388 g/mol. The highest BCUT2D eigenvalue weighted by Crippen LogP contribution is 2.34. The minimum absolute atomic E-state index is 0.0639. The highest BCUT2D eigenvalue weighted by Gasteiger charge is 2.46. The summed E-state index contributed by atoms with van der Waals surface area (Å²) in [5, 5.41) is 10.8. The standard InChI is InChI=1S/C23H26O5S/c1-3-21(24)23(27-17-19-9-5-4-6-10-19)16-8-7-11-22(23)28-29(25,26)20-14-12-18(2)13-15-20/h4-16,21-22,24H,3,17H2,1-2H3. The normalized spacial score (nSPS) is 22.5. The van der Waals surface area contributed by atoms with Gasteiger partial charge in [0.2, 0.25) is 0 Å². The van der Waals surface area contributed by atoms with E-state index in [0.29, 0.717) is 6.42 Å². The summed E-state index contributed by atoms with van der Waals surface area (Å²) in [4.78, 5) is 0.0639. The van der Waals surface area contributed by atoms with Crippen molar-refractivity contribution in [2.45, 2.75) is 49.6 Å². The van der Waals surface area contributed by atoms with E-state index in [1.807, 2.05) is 44.2 Å². The van der Waals surface area contributed by atoms with Crippen LogP contribution in [-0.4, -0.2) is 31.3 Å². The van der Waals surface area contributed by atoms with Gasteiger partial charge in [-0.1, -0.05) is 73.2 Å². The van der Waals surface area contributed by atoms with Crippen LogP contribution >= 0.6 is 0 Å². The molecule has 2 aromatic carbocycles. The molecule has 1 aliphatic carbocycles. The maximum absolute atomic E-state index is 12.9. The molecule has 0 bridgehead atoms. The van der Waals surface area contributed by atoms with Crippen LogP contribution in [-0.2, 0) is 25.6 Å². The zero-order chi connectivity index (χ0) is 20.9. The van der Waals surface area contributed by atoms with Crippen molar-refractivity contribution in [3.05, 3.63) is 90.0 Å². The van der Waals surface area contributed by atoms with E-state index in [9.17, 15) is 13.5 Å². The van der Waals surface area contributed by atoms with Crippen LogP contribution in [0.2, 0.25) is 0 Å². The third kappa shape index (κ3) is 4.85. The van der Waals surface area contributed by atoms with Crippen molar-refractivity contribution in [1.82, 2.24) is 0 Å². The first-order valence-electron chi connectivity index (χ1n) is 9.59. The number of allylic oxidation sites excluding steroid dienone is 2. The van der Waals surface area contributed by atoms with Crippen LogP contribution in [0.5, 0.6) is 0 Å². The van der Waals surface area contributed by atoms with Crippen LogP contribution in [0.15, 0.2) is 83.8 Å². The summed E-state index contributed by atoms with van der Waals surface area (Å²) >= 11 is 0. The van der Waals surface area contributed by atoms with Crippen LogP contribution in [0.4, 0.5) is 0 Å². The summed E-state index contributed by atoms with van der Waals surface area (Å²) < 4.78 is 37.5. The maximum atomic E-state index is 12.9. The fourth-order valence-corrected chi connectivity index (χ4v) is 4.32. The Hall–Kier alpha value is -2.25. The lowest BCUT2D eigenvalue weighted by molar-refractivity contribution is -0.140. The monoisotopic (exact) mass is 414 g/mol. The first-order valence-corrected chi connectivity index (χ1v) is 11.0. The molecular formula is C23H26O5S. The molecule has 2 aromatic rings. The van der Waals surface area contributed by atoms with Gasteiger partial charge >= 0.3 is 0 Å². The van der Waals surface area contributed by atoms with Crippen molar-refractivity contribution < 1.29 is 22.4 Å². The Kier molecular flexibility index (Phi) is 6.70. The summed E-state index contributed by atoms with van der Waals surface area (Å²) in [6, 6.07) is 16.0. The van der Waals surface area contributed by atoms with Gasteiger partial charge in [0.05, 0.1) is 17.6 Å². The minimum atomic E-state index is -4.05. The zero-order valence-electron chi connectivity index (χ0n) is 16.6. The number of hydrogen-bond donors (Lipinski definition) is 1. The Labute approximate surface area is 172 Å². The molecule has 5 nitrogen and oxygen atoms in total. The number of aliphatic hydroxyl groups is 1. The molecule has 6 heteroatoms. The van der Waals surface area contributed by atoms with Crippen LogP contribution < -0.4 is 0 Å². The molecule has 1 aliphatic rings. The topological polar surface area (TPSA) is 72.8 Å². The first-order chi connectivity index (χ1) is 13.9. The third-order valence-electron chi connectivity index (χ3n) is 4.98. The van der Waals surface area contributed by atoms with Crippen LogP contribution in [0.3, 0.4) is 0 Å². The second kappa shape index (κ2) is 9.05. The molecule has 29 heavy (non-hydrogen) atoms. The fraction of sp³-hybridized carbons (Fsp3) is 0.304. The highest BCUT2D eigenvalue weighted by molar-refractivity contribution is 7.86. The molecule has 0 amide bonds. The molecule has 0 aliphatic heterocycles. The van der Waals surface area contributed by atoms with Gasteiger partial charge in [-0.05, 0) is 37.1 Å². The van der Waals surface area contributed by atoms with Gasteiger partial charge in [0, 0.05) is 0 Å². The smallest absolute Gasteiger partial charge is 0.297 e. The number of aryl methyl sites for hydroxylation is 1. The summed E-state index contributed by atoms with van der Waals surface area (Å²) in [6.45, 7) is 3.91. The van der Waals surface area contributed by atoms with Gasteiger partial charge in [-0.2, -0.15) is 8.42 Å². The molecule has 3 unspecified atom stereocenters. The zero-order valence-corrected chi connectivity index (χ0v) is 17.4. The summed E-state index contributed by atoms with van der Waals surface area (Å²) in [5.41, 5.74) is 0.543. The molecule has 0 heterocycles. The molecule has 0 spiro atoms. The lowest BCUT2D eigenvalue weighted by Gasteiger charge is -2.40. The van der Waals surface area contributed by atoms with E-state index in [2.05, 4.69) is 0 Å². The van der Waals surface area contributed by atoms with E-state index in [1.54, 1.807) is 36.4 Å². The maximum Gasteiger partial charge on any atom is 0.297 e. The van der Waals surface area contributed by atoms with Crippen molar-refractivity contribution in [3.8, 4) is 0 Å². The lowest BCUT2D eigenvalue weighted by atomic mass is 9.85. The Morgan fingerprint density at radius 1 is 1.07 bits per heavy atom. The molecule has 1 N–H and O–H groups in total. The molecule has 0 saturated carbocycles. The Balaban J connectivity index is 1.90. The van der Waals surface area contributed by atoms with Gasteiger partial charge in [-0.25, -0.2) is 0 Å². The van der Waals surface area contributed by atoms with Gasteiger partial charge in [0.25, 0.3) is 10.1 Å². The van der Waals surface area contributed by atoms with Crippen LogP contribution in [0, 0.1) is 6.92 Å². The average Bonchev–Trinajstić information content (AvgIpc) is 2.73. The second-order valence-electron chi connectivity index (χ2n) is 7.08. The van der Waals surface area contributed by atoms with Gasteiger partial charge in [0.15, 0.2) is 0 Å². The van der Waals surface area contributed by atoms with E-state index in [4.69, 9.17) is 8.92 Å². The summed E-state index contributed by atoms with van der Waals surface area (Å²) in [6.07, 6.45) is 5.14. The van der Waals surface area contributed by atoms with Gasteiger partial charge in [0.1, 0.15) is 11.7 Å². The van der Waals surface area contributed by atoms with Crippen molar-refractivity contribution >= 4 is 10.1 Å². The molecule has 0 saturated heterocycles. The van der Waals surface area contributed by atoms with Crippen molar-refractivity contribution in [3.63, 3.8) is 0 Å². The molecule has 154 valence electrons. The van der Waals surface area contributed by atoms with Crippen molar-refractivity contribution in [2.75, 3.05) is 0 Å². The van der Waals surface area contributed by atoms with E-state index < -0.39 is 27.9 Å². The van der Waals surface area contributed by atoms with Crippen molar-refractivity contribution in [1.29, 1.82) is 0 Å². The van der Waals surface area contributed by atoms with Crippen LogP contribution in [0.1, 0.15) is 24.5 Å². The number of hydrogen-bond acceptors (Lipinski definition) is 5. The number of rotatable bonds is 8. The summed E-state index contributed by atoms with van der Waals surface area (Å²) in [7, 11) is -4.05. The van der Waals surface area contributed by atoms with E-state index in [-0.39, 0.29) is 11.5 Å². The second-order valence-corrected chi connectivity index (χ2v) is 8.65. The lowest BCUT2D eigenvalue weighted by Crippen LogP contribution is -2.54. The molecule has 3 atom stereocenters. The Morgan fingerprint density at radius 2 is 1.76 bits per heavy atom. The molecule has 0 radical (unpaired) electrons. The van der Waals surface area contributed by atoms with Crippen molar-refractivity contribution in [2.24, 2.45) is 0 Å². The van der Waals surface area contributed by atoms with E-state index >= 15 is 0 Å². The molecule has 0 fully saturated rings. The number of ether oxygens (including phenoxy) is 1. The third-order valence-corrected chi connectivity index (χ3v) is 6.29. The highest BCUT2D eigenvalue weighted by atomic mass is 32.2. The van der Waals surface area contributed by atoms with Gasteiger partial charge in [-0.3, -0.25) is 4.18 Å². The SMILES string of the molecule is CCC(O)C1(OCc2ccccc2)C=CC=CC1OS(=O)(=O)c1ccc(C)cc1. The van der Waals surface area contributed by atoms with Gasteiger partial charge < -0.3 is 9.84 Å². The average molecular weight is 415 g/mol. The molecule has 0 aromatic heterocycles. The first kappa shape index (κ1) is 21.5. The predicted molar refractivity (Wildman–Crippen MR) is 112 cm³/mol. The predicted octanol–water partition coefficient (Wildman–Crippen LogP) is 3.92. The Bertz CT molecular complexity index is 964. The number of benzene rings is 2. The minimum Gasteiger partial charge on any atom is -0.390 e.